The molecule has 4 nitrogen and oxygen atoms in total. The first-order valence-electron chi connectivity index (χ1n) is 6.47. The van der Waals surface area contributed by atoms with Crippen LogP contribution in [0, 0.1) is 0 Å². The molecule has 1 aromatic rings. The second kappa shape index (κ2) is 5.26. The molecule has 4 heteroatoms. The summed E-state index contributed by atoms with van der Waals surface area (Å²) in [7, 11) is 0. The highest BCUT2D eigenvalue weighted by Gasteiger charge is 2.26. The summed E-state index contributed by atoms with van der Waals surface area (Å²) >= 11 is 0. The molecule has 1 saturated heterocycles. The Morgan fingerprint density at radius 3 is 2.89 bits per heavy atom. The third-order valence-electron chi connectivity index (χ3n) is 3.22. The van der Waals surface area contributed by atoms with Gasteiger partial charge in [0.15, 0.2) is 0 Å². The minimum atomic E-state index is -0.659. The zero-order valence-electron chi connectivity index (χ0n) is 10.2. The molecule has 1 saturated carbocycles. The highest BCUT2D eigenvalue weighted by atomic mass is 16.6. The molecular formula is C14H18O4. The maximum Gasteiger partial charge on any atom is 0.120 e. The highest BCUT2D eigenvalue weighted by Crippen LogP contribution is 2.29. The lowest BCUT2D eigenvalue weighted by Gasteiger charge is -2.27. The molecule has 2 aliphatic rings. The molecule has 1 aliphatic heterocycles. The smallest absolute Gasteiger partial charge is 0.120 e. The van der Waals surface area contributed by atoms with Crippen molar-refractivity contribution in [1.29, 1.82) is 0 Å². The van der Waals surface area contributed by atoms with Gasteiger partial charge in [0, 0.05) is 0 Å². The second-order valence-electron chi connectivity index (χ2n) is 4.82. The number of aliphatic hydroxyl groups is 1. The Morgan fingerprint density at radius 1 is 1.28 bits per heavy atom. The SMILES string of the molecule is OC(c1cccc(OC2CC2)c1)C1COCCO1. The first kappa shape index (κ1) is 12.0. The minimum absolute atomic E-state index is 0.282. The summed E-state index contributed by atoms with van der Waals surface area (Å²) < 4.78 is 16.5. The lowest BCUT2D eigenvalue weighted by atomic mass is 10.0. The maximum atomic E-state index is 10.3. The minimum Gasteiger partial charge on any atom is -0.490 e. The highest BCUT2D eigenvalue weighted by molar-refractivity contribution is 5.31. The number of aliphatic hydroxyl groups excluding tert-OH is 1. The molecule has 18 heavy (non-hydrogen) atoms. The van der Waals surface area contributed by atoms with Crippen molar-refractivity contribution in [2.45, 2.75) is 31.2 Å². The van der Waals surface area contributed by atoms with Crippen LogP contribution < -0.4 is 4.74 Å². The van der Waals surface area contributed by atoms with Crippen molar-refractivity contribution in [3.05, 3.63) is 29.8 Å². The van der Waals surface area contributed by atoms with Gasteiger partial charge in [-0.1, -0.05) is 12.1 Å². The average molecular weight is 250 g/mol. The van der Waals surface area contributed by atoms with Gasteiger partial charge in [-0.2, -0.15) is 0 Å². The Balaban J connectivity index is 1.69. The van der Waals surface area contributed by atoms with E-state index in [1.807, 2.05) is 24.3 Å². The summed E-state index contributed by atoms with van der Waals surface area (Å²) in [6.07, 6.45) is 1.69. The molecule has 0 spiro atoms. The Labute approximate surface area is 106 Å². The van der Waals surface area contributed by atoms with E-state index >= 15 is 0 Å². The van der Waals surface area contributed by atoms with E-state index in [1.165, 1.54) is 0 Å². The van der Waals surface area contributed by atoms with Gasteiger partial charge in [-0.05, 0) is 30.5 Å². The van der Waals surface area contributed by atoms with Gasteiger partial charge in [-0.15, -0.1) is 0 Å². The van der Waals surface area contributed by atoms with Crippen molar-refractivity contribution < 1.29 is 19.3 Å². The van der Waals surface area contributed by atoms with Crippen LogP contribution in [0.3, 0.4) is 0 Å². The summed E-state index contributed by atoms with van der Waals surface area (Å²) in [6, 6.07) is 7.61. The maximum absolute atomic E-state index is 10.3. The summed E-state index contributed by atoms with van der Waals surface area (Å²) in [5, 5.41) is 10.3. The second-order valence-corrected chi connectivity index (χ2v) is 4.82. The van der Waals surface area contributed by atoms with E-state index in [-0.39, 0.29) is 6.10 Å². The first-order chi connectivity index (χ1) is 8.83. The number of ether oxygens (including phenoxy) is 3. The Morgan fingerprint density at radius 2 is 2.17 bits per heavy atom. The third-order valence-corrected chi connectivity index (χ3v) is 3.22. The normalized spacial score (nSPS) is 25.7. The summed E-state index contributed by atoms with van der Waals surface area (Å²) in [4.78, 5) is 0. The molecule has 98 valence electrons. The van der Waals surface area contributed by atoms with E-state index in [2.05, 4.69) is 0 Å². The summed E-state index contributed by atoms with van der Waals surface area (Å²) in [5.74, 6) is 0.825. The van der Waals surface area contributed by atoms with E-state index < -0.39 is 6.10 Å². The lowest BCUT2D eigenvalue weighted by molar-refractivity contribution is -0.133. The molecule has 1 heterocycles. The van der Waals surface area contributed by atoms with Gasteiger partial charge in [0.25, 0.3) is 0 Å². The number of hydrogen-bond acceptors (Lipinski definition) is 4. The molecule has 1 N–H and O–H groups in total. The monoisotopic (exact) mass is 250 g/mol. The van der Waals surface area contributed by atoms with E-state index in [0.29, 0.717) is 25.9 Å². The standard InChI is InChI=1S/C14H18O4/c15-14(13-9-16-6-7-17-13)10-2-1-3-12(8-10)18-11-4-5-11/h1-3,8,11,13-15H,4-7,9H2. The van der Waals surface area contributed by atoms with Crippen molar-refractivity contribution in [1.82, 2.24) is 0 Å². The molecule has 0 bridgehead atoms. The summed E-state index contributed by atoms with van der Waals surface area (Å²) in [5.41, 5.74) is 0.823. The fourth-order valence-corrected chi connectivity index (χ4v) is 2.05. The van der Waals surface area contributed by atoms with Crippen LogP contribution in [-0.4, -0.2) is 37.1 Å². The predicted octanol–water partition coefficient (Wildman–Crippen LogP) is 1.68. The topological polar surface area (TPSA) is 47.9 Å². The van der Waals surface area contributed by atoms with Crippen LogP contribution in [0.2, 0.25) is 0 Å². The van der Waals surface area contributed by atoms with Crippen LogP contribution in [0.15, 0.2) is 24.3 Å². The van der Waals surface area contributed by atoms with Crippen LogP contribution in [0.4, 0.5) is 0 Å². The van der Waals surface area contributed by atoms with Gasteiger partial charge in [0.1, 0.15) is 18.0 Å². The molecule has 1 aliphatic carbocycles. The Kier molecular flexibility index (Phi) is 3.50. The third kappa shape index (κ3) is 2.83. The van der Waals surface area contributed by atoms with Crippen LogP contribution in [-0.2, 0) is 9.47 Å². The van der Waals surface area contributed by atoms with Gasteiger partial charge >= 0.3 is 0 Å². The van der Waals surface area contributed by atoms with Crippen LogP contribution in [0.25, 0.3) is 0 Å². The molecule has 0 aromatic heterocycles. The van der Waals surface area contributed by atoms with Gasteiger partial charge in [-0.3, -0.25) is 0 Å². The fraction of sp³-hybridized carbons (Fsp3) is 0.571. The molecule has 2 fully saturated rings. The van der Waals surface area contributed by atoms with Crippen molar-refractivity contribution >= 4 is 0 Å². The average Bonchev–Trinajstić information content (AvgIpc) is 3.23. The summed E-state index contributed by atoms with van der Waals surface area (Å²) in [6.45, 7) is 1.59. The quantitative estimate of drug-likeness (QED) is 0.883. The molecule has 1 aromatic carbocycles. The van der Waals surface area contributed by atoms with Gasteiger partial charge in [0.05, 0.1) is 25.9 Å². The predicted molar refractivity (Wildman–Crippen MR) is 65.6 cm³/mol. The van der Waals surface area contributed by atoms with E-state index in [0.717, 1.165) is 24.2 Å². The molecule has 3 rings (SSSR count). The molecule has 2 atom stereocenters. The number of rotatable bonds is 4. The molecule has 2 unspecified atom stereocenters. The number of hydrogen-bond donors (Lipinski definition) is 1. The van der Waals surface area contributed by atoms with Crippen molar-refractivity contribution in [3.8, 4) is 5.75 Å². The van der Waals surface area contributed by atoms with Gasteiger partial charge in [0.2, 0.25) is 0 Å². The van der Waals surface area contributed by atoms with Crippen molar-refractivity contribution in [3.63, 3.8) is 0 Å². The van der Waals surface area contributed by atoms with E-state index in [9.17, 15) is 5.11 Å². The van der Waals surface area contributed by atoms with Crippen LogP contribution in [0.5, 0.6) is 5.75 Å². The zero-order chi connectivity index (χ0) is 12.4. The van der Waals surface area contributed by atoms with Gasteiger partial charge in [-0.25, -0.2) is 0 Å². The molecular weight excluding hydrogens is 232 g/mol. The van der Waals surface area contributed by atoms with Gasteiger partial charge < -0.3 is 19.3 Å². The lowest BCUT2D eigenvalue weighted by Crippen LogP contribution is -2.33. The Hall–Kier alpha value is -1.10. The Bertz CT molecular complexity index is 397. The largest absolute Gasteiger partial charge is 0.490 e. The zero-order valence-corrected chi connectivity index (χ0v) is 10.2. The molecule has 0 amide bonds. The van der Waals surface area contributed by atoms with Crippen LogP contribution in [0.1, 0.15) is 24.5 Å². The molecule has 0 radical (unpaired) electrons. The van der Waals surface area contributed by atoms with E-state index in [1.54, 1.807) is 0 Å². The van der Waals surface area contributed by atoms with Crippen molar-refractivity contribution in [2.24, 2.45) is 0 Å². The first-order valence-corrected chi connectivity index (χ1v) is 6.47. The van der Waals surface area contributed by atoms with E-state index in [4.69, 9.17) is 14.2 Å². The fourth-order valence-electron chi connectivity index (χ4n) is 2.05. The van der Waals surface area contributed by atoms with Crippen LogP contribution >= 0.6 is 0 Å². The van der Waals surface area contributed by atoms with Crippen molar-refractivity contribution in [2.75, 3.05) is 19.8 Å². The number of benzene rings is 1.